The Morgan fingerprint density at radius 3 is 2.35 bits per heavy atom. The van der Waals surface area contributed by atoms with Gasteiger partial charge in [0.1, 0.15) is 0 Å². The van der Waals surface area contributed by atoms with Crippen LogP contribution in [-0.4, -0.2) is 23.4 Å². The van der Waals surface area contributed by atoms with Gasteiger partial charge in [-0.1, -0.05) is 39.8 Å². The molecule has 1 aromatic carbocycles. The summed E-state index contributed by atoms with van der Waals surface area (Å²) in [6.45, 7) is 11.6. The van der Waals surface area contributed by atoms with Gasteiger partial charge in [-0.2, -0.15) is 0 Å². The van der Waals surface area contributed by atoms with E-state index in [1.807, 2.05) is 12.1 Å². The molecule has 1 rings (SSSR count). The third-order valence-electron chi connectivity index (χ3n) is 3.63. The van der Waals surface area contributed by atoms with Crippen molar-refractivity contribution in [2.75, 3.05) is 6.54 Å². The largest absolute Gasteiger partial charge is 0.335 e. The van der Waals surface area contributed by atoms with Crippen molar-refractivity contribution in [3.8, 4) is 0 Å². The molecule has 0 radical (unpaired) electrons. The van der Waals surface area contributed by atoms with Gasteiger partial charge in [-0.25, -0.2) is 0 Å². The monoisotopic (exact) mass is 387 g/mol. The first-order valence-electron chi connectivity index (χ1n) is 7.48. The number of hydrogen-bond donors (Lipinski definition) is 0. The summed E-state index contributed by atoms with van der Waals surface area (Å²) in [5, 5.41) is 0. The van der Waals surface area contributed by atoms with Crippen molar-refractivity contribution in [1.29, 1.82) is 0 Å². The Hall–Kier alpha value is -0.580. The van der Waals surface area contributed by atoms with Gasteiger partial charge in [0, 0.05) is 16.2 Å². The summed E-state index contributed by atoms with van der Waals surface area (Å²) < 4.78 is 1.08. The number of rotatable bonds is 6. The molecule has 2 nitrogen and oxygen atoms in total. The molecule has 0 aliphatic carbocycles. The smallest absolute Gasteiger partial charge is 0.255 e. The number of carbonyl (C=O) groups is 1. The number of aryl methyl sites for hydroxylation is 1. The quantitative estimate of drug-likeness (QED) is 0.637. The summed E-state index contributed by atoms with van der Waals surface area (Å²) in [4.78, 5) is 15.0. The van der Waals surface area contributed by atoms with Crippen molar-refractivity contribution >= 4 is 28.5 Å². The molecule has 1 aromatic rings. The Bertz CT molecular complexity index is 452. The number of amides is 1. The van der Waals surface area contributed by atoms with Crippen LogP contribution in [0.1, 0.15) is 56.5 Å². The third kappa shape index (κ3) is 4.21. The van der Waals surface area contributed by atoms with Gasteiger partial charge in [0.25, 0.3) is 5.91 Å². The van der Waals surface area contributed by atoms with E-state index in [4.69, 9.17) is 0 Å². The molecule has 1 amide bonds. The molecule has 0 aromatic heterocycles. The Labute approximate surface area is 137 Å². The van der Waals surface area contributed by atoms with E-state index in [2.05, 4.69) is 68.2 Å². The van der Waals surface area contributed by atoms with Crippen molar-refractivity contribution < 1.29 is 4.79 Å². The Morgan fingerprint density at radius 2 is 1.85 bits per heavy atom. The number of carbonyl (C=O) groups excluding carboxylic acids is 1. The second kappa shape index (κ2) is 8.01. The fraction of sp³-hybridized carbons (Fsp3) is 0.588. The van der Waals surface area contributed by atoms with Gasteiger partial charge in [-0.3, -0.25) is 4.79 Å². The molecule has 0 saturated carbocycles. The average Bonchev–Trinajstić information content (AvgIpc) is 2.41. The van der Waals surface area contributed by atoms with Gasteiger partial charge < -0.3 is 4.90 Å². The van der Waals surface area contributed by atoms with Crippen molar-refractivity contribution in [1.82, 2.24) is 4.90 Å². The van der Waals surface area contributed by atoms with E-state index in [1.165, 1.54) is 5.56 Å². The molecule has 3 heteroatoms. The molecule has 0 aliphatic heterocycles. The average molecular weight is 387 g/mol. The molecule has 112 valence electrons. The highest BCUT2D eigenvalue weighted by Gasteiger charge is 2.24. The Morgan fingerprint density at radius 1 is 1.25 bits per heavy atom. The van der Waals surface area contributed by atoms with Crippen LogP contribution in [0.4, 0.5) is 0 Å². The number of halogens is 1. The van der Waals surface area contributed by atoms with Crippen LogP contribution >= 0.6 is 22.6 Å². The predicted molar refractivity (Wildman–Crippen MR) is 94.1 cm³/mol. The lowest BCUT2D eigenvalue weighted by atomic mass is 10.0. The highest BCUT2D eigenvalue weighted by atomic mass is 127. The predicted octanol–water partition coefficient (Wildman–Crippen LogP) is 4.89. The van der Waals surface area contributed by atoms with E-state index in [1.54, 1.807) is 0 Å². The summed E-state index contributed by atoms with van der Waals surface area (Å²) in [6.07, 6.45) is 2.02. The second-order valence-corrected chi connectivity index (χ2v) is 6.84. The first kappa shape index (κ1) is 17.5. The van der Waals surface area contributed by atoms with Gasteiger partial charge >= 0.3 is 0 Å². The molecular formula is C17H26INO. The van der Waals surface area contributed by atoms with Gasteiger partial charge in [0.15, 0.2) is 0 Å². The lowest BCUT2D eigenvalue weighted by Gasteiger charge is -2.32. The zero-order valence-corrected chi connectivity index (χ0v) is 15.4. The molecular weight excluding hydrogens is 361 g/mol. The molecule has 0 aliphatic rings. The van der Waals surface area contributed by atoms with E-state index in [0.29, 0.717) is 12.0 Å². The van der Waals surface area contributed by atoms with E-state index < -0.39 is 0 Å². The van der Waals surface area contributed by atoms with Crippen molar-refractivity contribution in [3.05, 3.63) is 32.9 Å². The third-order valence-corrected chi connectivity index (χ3v) is 5.06. The molecule has 0 fully saturated rings. The standard InChI is InChI=1S/C17H26INO/c1-6-14(7-2)19(11-12(3)4)17(20)15-10-8-9-13(5)16(15)18/h8-10,12,14H,6-7,11H2,1-5H3. The minimum Gasteiger partial charge on any atom is -0.335 e. The van der Waals surface area contributed by atoms with Crippen LogP contribution in [0.2, 0.25) is 0 Å². The molecule has 0 unspecified atom stereocenters. The lowest BCUT2D eigenvalue weighted by molar-refractivity contribution is 0.0639. The van der Waals surface area contributed by atoms with Crippen LogP contribution in [0.5, 0.6) is 0 Å². The van der Waals surface area contributed by atoms with Gasteiger partial charge in [0.2, 0.25) is 0 Å². The number of benzene rings is 1. The van der Waals surface area contributed by atoms with Gasteiger partial charge in [-0.05, 0) is 59.9 Å². The summed E-state index contributed by atoms with van der Waals surface area (Å²) in [5.41, 5.74) is 2.02. The van der Waals surface area contributed by atoms with Crippen LogP contribution in [0.25, 0.3) is 0 Å². The molecule has 0 N–H and O–H groups in total. The maximum Gasteiger partial charge on any atom is 0.255 e. The summed E-state index contributed by atoms with van der Waals surface area (Å²) >= 11 is 2.29. The van der Waals surface area contributed by atoms with E-state index >= 15 is 0 Å². The summed E-state index contributed by atoms with van der Waals surface area (Å²) in [5.74, 6) is 0.669. The molecule has 0 bridgehead atoms. The van der Waals surface area contributed by atoms with Crippen LogP contribution in [-0.2, 0) is 0 Å². The molecule has 20 heavy (non-hydrogen) atoms. The van der Waals surface area contributed by atoms with Crippen molar-refractivity contribution in [2.45, 2.75) is 53.5 Å². The maximum atomic E-state index is 12.9. The Kier molecular flexibility index (Phi) is 7.00. The first-order chi connectivity index (χ1) is 9.42. The van der Waals surface area contributed by atoms with Crippen LogP contribution in [0.15, 0.2) is 18.2 Å². The van der Waals surface area contributed by atoms with Crippen LogP contribution in [0, 0.1) is 16.4 Å². The zero-order chi connectivity index (χ0) is 15.3. The van der Waals surface area contributed by atoms with E-state index in [0.717, 1.165) is 28.5 Å². The molecule has 0 spiro atoms. The molecule has 0 heterocycles. The normalized spacial score (nSPS) is 11.2. The van der Waals surface area contributed by atoms with Gasteiger partial charge in [0.05, 0.1) is 5.56 Å². The lowest BCUT2D eigenvalue weighted by Crippen LogP contribution is -2.42. The zero-order valence-electron chi connectivity index (χ0n) is 13.2. The van der Waals surface area contributed by atoms with Crippen molar-refractivity contribution in [2.24, 2.45) is 5.92 Å². The van der Waals surface area contributed by atoms with Gasteiger partial charge in [-0.15, -0.1) is 0 Å². The highest BCUT2D eigenvalue weighted by molar-refractivity contribution is 14.1. The van der Waals surface area contributed by atoms with Crippen LogP contribution in [0.3, 0.4) is 0 Å². The van der Waals surface area contributed by atoms with Crippen molar-refractivity contribution in [3.63, 3.8) is 0 Å². The number of nitrogens with zero attached hydrogens (tertiary/aromatic N) is 1. The number of hydrogen-bond acceptors (Lipinski definition) is 1. The van der Waals surface area contributed by atoms with Crippen LogP contribution < -0.4 is 0 Å². The minimum absolute atomic E-state index is 0.181. The summed E-state index contributed by atoms with van der Waals surface area (Å²) in [6, 6.07) is 6.32. The fourth-order valence-electron chi connectivity index (χ4n) is 2.49. The highest BCUT2D eigenvalue weighted by Crippen LogP contribution is 2.21. The first-order valence-corrected chi connectivity index (χ1v) is 8.56. The summed E-state index contributed by atoms with van der Waals surface area (Å²) in [7, 11) is 0. The SMILES string of the molecule is CCC(CC)N(CC(C)C)C(=O)c1cccc(C)c1I. The van der Waals surface area contributed by atoms with E-state index in [9.17, 15) is 4.79 Å². The molecule has 0 atom stereocenters. The maximum absolute atomic E-state index is 12.9. The minimum atomic E-state index is 0.181. The second-order valence-electron chi connectivity index (χ2n) is 5.76. The topological polar surface area (TPSA) is 20.3 Å². The Balaban J connectivity index is 3.12. The fourth-order valence-corrected chi connectivity index (χ4v) is 3.08. The van der Waals surface area contributed by atoms with E-state index in [-0.39, 0.29) is 5.91 Å². The molecule has 0 saturated heterocycles.